The molecule has 1 aromatic carbocycles. The molecule has 0 unspecified atom stereocenters. The maximum Gasteiger partial charge on any atom is 0.348 e. The minimum absolute atomic E-state index is 0.141. The van der Waals surface area contributed by atoms with Crippen LogP contribution in [0.2, 0.25) is 0 Å². The first kappa shape index (κ1) is 20.1. The molecular weight excluding hydrogens is 412 g/mol. The molecule has 0 spiro atoms. The molecule has 1 fully saturated rings. The Morgan fingerprint density at radius 3 is 2.66 bits per heavy atom. The molecule has 2 heterocycles. The van der Waals surface area contributed by atoms with Crippen molar-refractivity contribution in [1.82, 2.24) is 4.31 Å². The number of thiophene rings is 1. The van der Waals surface area contributed by atoms with Crippen LogP contribution in [-0.2, 0) is 32.4 Å². The van der Waals surface area contributed by atoms with Crippen LogP contribution in [0.5, 0.6) is 0 Å². The third kappa shape index (κ3) is 4.36. The van der Waals surface area contributed by atoms with Crippen molar-refractivity contribution in [2.45, 2.75) is 37.0 Å². The van der Waals surface area contributed by atoms with Crippen molar-refractivity contribution < 1.29 is 22.7 Å². The van der Waals surface area contributed by atoms with E-state index in [1.165, 1.54) is 38.2 Å². The highest BCUT2D eigenvalue weighted by atomic mass is 32.2. The lowest BCUT2D eigenvalue weighted by molar-refractivity contribution is -0.119. The van der Waals surface area contributed by atoms with Gasteiger partial charge in [-0.1, -0.05) is 6.07 Å². The molecule has 1 aliphatic heterocycles. The monoisotopic (exact) mass is 434 g/mol. The van der Waals surface area contributed by atoms with Crippen LogP contribution < -0.4 is 5.32 Å². The number of sulfonamides is 1. The first-order valence-corrected chi connectivity index (χ1v) is 11.9. The summed E-state index contributed by atoms with van der Waals surface area (Å²) in [5.41, 5.74) is 1.55. The fourth-order valence-corrected chi connectivity index (χ4v) is 6.35. The molecule has 0 atom stereocenters. The summed E-state index contributed by atoms with van der Waals surface area (Å²) in [7, 11) is -3.56. The number of anilines is 1. The van der Waals surface area contributed by atoms with E-state index in [1.807, 2.05) is 6.07 Å². The second-order valence-electron chi connectivity index (χ2n) is 7.18. The first-order chi connectivity index (χ1) is 13.9. The summed E-state index contributed by atoms with van der Waals surface area (Å²) in [6.45, 7) is 0.604. The van der Waals surface area contributed by atoms with Crippen LogP contribution in [0.25, 0.3) is 0 Å². The van der Waals surface area contributed by atoms with Crippen molar-refractivity contribution in [1.29, 1.82) is 0 Å². The highest BCUT2D eigenvalue weighted by molar-refractivity contribution is 7.89. The van der Waals surface area contributed by atoms with Gasteiger partial charge in [0.25, 0.3) is 5.91 Å². The van der Waals surface area contributed by atoms with Crippen molar-refractivity contribution in [3.8, 4) is 0 Å². The smallest absolute Gasteiger partial charge is 0.348 e. The average Bonchev–Trinajstić information content (AvgIpc) is 3.43. The number of amides is 1. The van der Waals surface area contributed by atoms with Gasteiger partial charge in [-0.15, -0.1) is 11.3 Å². The second-order valence-corrected chi connectivity index (χ2v) is 10.3. The number of ether oxygens (including phenoxy) is 1. The van der Waals surface area contributed by atoms with E-state index in [2.05, 4.69) is 5.32 Å². The van der Waals surface area contributed by atoms with Crippen molar-refractivity contribution in [2.75, 3.05) is 25.0 Å². The zero-order chi connectivity index (χ0) is 20.4. The van der Waals surface area contributed by atoms with E-state index in [0.29, 0.717) is 23.7 Å². The molecule has 9 heteroatoms. The molecule has 1 N–H and O–H groups in total. The molecule has 0 bridgehead atoms. The molecule has 2 aromatic rings. The molecule has 1 saturated heterocycles. The second kappa shape index (κ2) is 8.25. The van der Waals surface area contributed by atoms with Crippen LogP contribution in [0, 0.1) is 0 Å². The summed E-state index contributed by atoms with van der Waals surface area (Å²) in [6, 6.07) is 7.97. The highest BCUT2D eigenvalue weighted by Gasteiger charge is 2.27. The number of fused-ring (bicyclic) bond motifs is 1. The Labute approximate surface area is 173 Å². The Balaban J connectivity index is 1.35. The standard InChI is InChI=1S/C20H22N2O5S2/c23-19(13-27-20(24)18-11-14-5-3-8-17(14)28-18)21-15-6-4-7-16(12-15)29(25,26)22-9-1-2-10-22/h4,6-7,11-12H,1-3,5,8-10,13H2,(H,21,23). The van der Waals surface area contributed by atoms with Crippen LogP contribution in [0.4, 0.5) is 5.69 Å². The molecule has 0 saturated carbocycles. The number of aryl methyl sites for hydroxylation is 2. The maximum absolute atomic E-state index is 12.6. The number of carbonyl (C=O) groups excluding carboxylic acids is 2. The number of hydrogen-bond donors (Lipinski definition) is 1. The number of hydrogen-bond acceptors (Lipinski definition) is 6. The Hall–Kier alpha value is -2.23. The summed E-state index contributed by atoms with van der Waals surface area (Å²) in [4.78, 5) is 26.2. The third-order valence-corrected chi connectivity index (χ3v) is 8.21. The zero-order valence-electron chi connectivity index (χ0n) is 15.8. The summed E-state index contributed by atoms with van der Waals surface area (Å²) in [6.07, 6.45) is 4.80. The van der Waals surface area contributed by atoms with Gasteiger partial charge in [-0.3, -0.25) is 4.79 Å². The number of nitrogens with zero attached hydrogens (tertiary/aromatic N) is 1. The lowest BCUT2D eigenvalue weighted by atomic mass is 10.2. The van der Waals surface area contributed by atoms with E-state index in [0.717, 1.165) is 32.1 Å². The van der Waals surface area contributed by atoms with Crippen molar-refractivity contribution in [3.05, 3.63) is 45.6 Å². The Bertz CT molecular complexity index is 1020. The van der Waals surface area contributed by atoms with E-state index < -0.39 is 28.5 Å². The molecule has 2 aliphatic rings. The lowest BCUT2D eigenvalue weighted by Gasteiger charge is -2.16. The third-order valence-electron chi connectivity index (χ3n) is 5.10. The Morgan fingerprint density at radius 1 is 1.10 bits per heavy atom. The zero-order valence-corrected chi connectivity index (χ0v) is 17.5. The van der Waals surface area contributed by atoms with Crippen LogP contribution >= 0.6 is 11.3 Å². The van der Waals surface area contributed by atoms with E-state index in [4.69, 9.17) is 4.74 Å². The fraction of sp³-hybridized carbons (Fsp3) is 0.400. The quantitative estimate of drug-likeness (QED) is 0.706. The number of carbonyl (C=O) groups is 2. The minimum Gasteiger partial charge on any atom is -0.451 e. The van der Waals surface area contributed by atoms with Gasteiger partial charge in [-0.2, -0.15) is 4.31 Å². The van der Waals surface area contributed by atoms with Gasteiger partial charge in [0.2, 0.25) is 10.0 Å². The fourth-order valence-electron chi connectivity index (χ4n) is 3.64. The molecule has 1 amide bonds. The van der Waals surface area contributed by atoms with E-state index in [1.54, 1.807) is 12.1 Å². The van der Waals surface area contributed by atoms with Gasteiger partial charge >= 0.3 is 5.97 Å². The molecule has 1 aromatic heterocycles. The predicted molar refractivity (Wildman–Crippen MR) is 110 cm³/mol. The van der Waals surface area contributed by atoms with Gasteiger partial charge in [-0.05, 0) is 61.9 Å². The molecule has 7 nitrogen and oxygen atoms in total. The van der Waals surface area contributed by atoms with Gasteiger partial charge in [0.15, 0.2) is 6.61 Å². The highest BCUT2D eigenvalue weighted by Crippen LogP contribution is 2.31. The van der Waals surface area contributed by atoms with Crippen molar-refractivity contribution in [3.63, 3.8) is 0 Å². The molecule has 0 radical (unpaired) electrons. The van der Waals surface area contributed by atoms with Crippen LogP contribution in [0.3, 0.4) is 0 Å². The summed E-state index contributed by atoms with van der Waals surface area (Å²) < 4.78 is 31.9. The summed E-state index contributed by atoms with van der Waals surface area (Å²) in [5.74, 6) is -1.02. The Morgan fingerprint density at radius 2 is 1.90 bits per heavy atom. The average molecular weight is 435 g/mol. The minimum atomic E-state index is -3.56. The van der Waals surface area contributed by atoms with Gasteiger partial charge in [-0.25, -0.2) is 13.2 Å². The van der Waals surface area contributed by atoms with Gasteiger partial charge in [0.1, 0.15) is 4.88 Å². The van der Waals surface area contributed by atoms with Crippen molar-refractivity contribution in [2.24, 2.45) is 0 Å². The topological polar surface area (TPSA) is 92.8 Å². The molecule has 154 valence electrons. The molecule has 4 rings (SSSR count). The lowest BCUT2D eigenvalue weighted by Crippen LogP contribution is -2.28. The van der Waals surface area contributed by atoms with E-state index >= 15 is 0 Å². The largest absolute Gasteiger partial charge is 0.451 e. The van der Waals surface area contributed by atoms with E-state index in [-0.39, 0.29) is 4.90 Å². The van der Waals surface area contributed by atoms with Crippen LogP contribution in [0.15, 0.2) is 35.2 Å². The number of esters is 1. The van der Waals surface area contributed by atoms with Crippen molar-refractivity contribution >= 4 is 38.9 Å². The number of nitrogens with one attached hydrogen (secondary N) is 1. The van der Waals surface area contributed by atoms with Gasteiger partial charge in [0, 0.05) is 23.7 Å². The van der Waals surface area contributed by atoms with Gasteiger partial charge < -0.3 is 10.1 Å². The predicted octanol–water partition coefficient (Wildman–Crippen LogP) is 2.82. The summed E-state index contributed by atoms with van der Waals surface area (Å²) >= 11 is 1.42. The number of rotatable bonds is 6. The van der Waals surface area contributed by atoms with Gasteiger partial charge in [0.05, 0.1) is 4.90 Å². The number of benzene rings is 1. The maximum atomic E-state index is 12.6. The molecular formula is C20H22N2O5S2. The SMILES string of the molecule is O=C(COC(=O)c1cc2c(s1)CCC2)Nc1cccc(S(=O)(=O)N2CCCC2)c1. The van der Waals surface area contributed by atoms with Crippen LogP contribution in [0.1, 0.15) is 39.4 Å². The Kier molecular flexibility index (Phi) is 5.71. The normalized spacial score (nSPS) is 16.6. The summed E-state index contributed by atoms with van der Waals surface area (Å²) in [5, 5.41) is 2.60. The molecule has 1 aliphatic carbocycles. The first-order valence-electron chi connectivity index (χ1n) is 9.62. The molecule has 29 heavy (non-hydrogen) atoms. The van der Waals surface area contributed by atoms with Crippen LogP contribution in [-0.4, -0.2) is 44.3 Å². The van der Waals surface area contributed by atoms with E-state index in [9.17, 15) is 18.0 Å².